The fourth-order valence-electron chi connectivity index (χ4n) is 5.86. The summed E-state index contributed by atoms with van der Waals surface area (Å²) in [7, 11) is 0. The summed E-state index contributed by atoms with van der Waals surface area (Å²) in [5.74, 6) is 2.22. The number of benzene rings is 2. The Morgan fingerprint density at radius 3 is 2.52 bits per heavy atom. The van der Waals surface area contributed by atoms with Crippen LogP contribution in [0.15, 0.2) is 61.2 Å². The number of halogens is 2. The fraction of sp³-hybridized carbons (Fsp3) is 0.444. The third kappa shape index (κ3) is 3.72. The van der Waals surface area contributed by atoms with E-state index < -0.39 is 0 Å². The van der Waals surface area contributed by atoms with E-state index in [1.54, 1.807) is 0 Å². The molecule has 1 unspecified atom stereocenters. The molecule has 1 saturated carbocycles. The van der Waals surface area contributed by atoms with E-state index in [0.29, 0.717) is 12.0 Å². The lowest BCUT2D eigenvalue weighted by molar-refractivity contribution is -0.614. The first-order valence-electron chi connectivity index (χ1n) is 11.5. The second-order valence-corrected chi connectivity index (χ2v) is 10.3. The average molecular weight is 455 g/mol. The maximum absolute atomic E-state index is 6.56. The largest absolute Gasteiger partial charge is 0.441 e. The second kappa shape index (κ2) is 8.30. The van der Waals surface area contributed by atoms with Crippen LogP contribution in [-0.2, 0) is 4.74 Å². The number of nitrogens with zero attached hydrogens (tertiary/aromatic N) is 1. The van der Waals surface area contributed by atoms with Crippen molar-refractivity contribution in [3.63, 3.8) is 0 Å². The summed E-state index contributed by atoms with van der Waals surface area (Å²) in [6.45, 7) is 7.19. The van der Waals surface area contributed by atoms with Crippen molar-refractivity contribution in [3.8, 4) is 0 Å². The standard InChI is InChI=1S/C27H30Cl2NO/c1-3-14-27(4-2)16-23(20-6-5-7-22(29)15-20)25(19-10-12-21(28)13-11-19)30-24(18-8-9-18)17-31-26(27)30/h3,5-7,10-13,15,18,23-25H,1,4,8-9,14,16-17H2,2H3/q+1/t23-,24-,25?,27+/m1/s1. The molecule has 5 rings (SSSR count). The minimum Gasteiger partial charge on any atom is -0.441 e. The normalized spacial score (nSPS) is 30.1. The monoisotopic (exact) mass is 454 g/mol. The summed E-state index contributed by atoms with van der Waals surface area (Å²) in [6, 6.07) is 17.5. The fourth-order valence-corrected chi connectivity index (χ4v) is 6.19. The van der Waals surface area contributed by atoms with Crippen LogP contribution >= 0.6 is 23.2 Å². The summed E-state index contributed by atoms with van der Waals surface area (Å²) in [4.78, 5) is 0. The van der Waals surface area contributed by atoms with Gasteiger partial charge in [-0.15, -0.1) is 6.58 Å². The minimum absolute atomic E-state index is 0.0265. The number of hydrogen-bond donors (Lipinski definition) is 0. The van der Waals surface area contributed by atoms with Crippen LogP contribution in [0.1, 0.15) is 62.1 Å². The Morgan fingerprint density at radius 1 is 1.10 bits per heavy atom. The molecule has 2 aromatic carbocycles. The molecule has 3 aliphatic rings. The van der Waals surface area contributed by atoms with Gasteiger partial charge < -0.3 is 4.74 Å². The molecule has 0 aromatic heterocycles. The molecule has 4 heteroatoms. The highest BCUT2D eigenvalue weighted by molar-refractivity contribution is 6.30. The van der Waals surface area contributed by atoms with Crippen molar-refractivity contribution in [2.75, 3.05) is 6.61 Å². The Kier molecular flexibility index (Phi) is 5.65. The highest BCUT2D eigenvalue weighted by Gasteiger charge is 2.60. The van der Waals surface area contributed by atoms with Crippen LogP contribution in [0.25, 0.3) is 0 Å². The molecule has 2 heterocycles. The van der Waals surface area contributed by atoms with E-state index in [2.05, 4.69) is 54.5 Å². The summed E-state index contributed by atoms with van der Waals surface area (Å²) in [5.41, 5.74) is 2.57. The van der Waals surface area contributed by atoms with Gasteiger partial charge in [0.1, 0.15) is 0 Å². The topological polar surface area (TPSA) is 12.2 Å². The minimum atomic E-state index is -0.0265. The summed E-state index contributed by atoms with van der Waals surface area (Å²) in [5, 5.41) is 1.57. The van der Waals surface area contributed by atoms with Crippen LogP contribution in [0, 0.1) is 11.3 Å². The van der Waals surface area contributed by atoms with Gasteiger partial charge >= 0.3 is 5.90 Å². The highest BCUT2D eigenvalue weighted by Crippen LogP contribution is 2.54. The van der Waals surface area contributed by atoms with Gasteiger partial charge in [-0.25, -0.2) is 0 Å². The summed E-state index contributed by atoms with van der Waals surface area (Å²) >= 11 is 12.7. The zero-order valence-electron chi connectivity index (χ0n) is 18.1. The van der Waals surface area contributed by atoms with Crippen molar-refractivity contribution in [1.29, 1.82) is 0 Å². The van der Waals surface area contributed by atoms with Crippen molar-refractivity contribution >= 4 is 29.1 Å². The van der Waals surface area contributed by atoms with Crippen LogP contribution in [0.5, 0.6) is 0 Å². The predicted octanol–water partition coefficient (Wildman–Crippen LogP) is 7.41. The van der Waals surface area contributed by atoms with Crippen LogP contribution in [-0.4, -0.2) is 23.1 Å². The molecular formula is C27H30Cl2NO+. The van der Waals surface area contributed by atoms with E-state index in [1.807, 2.05) is 18.2 Å². The smallest absolute Gasteiger partial charge is 0.344 e. The zero-order chi connectivity index (χ0) is 21.6. The average Bonchev–Trinajstić information content (AvgIpc) is 3.52. The lowest BCUT2D eigenvalue weighted by Crippen LogP contribution is -2.47. The van der Waals surface area contributed by atoms with Crippen LogP contribution in [0.3, 0.4) is 0 Å². The lowest BCUT2D eigenvalue weighted by atomic mass is 9.67. The number of ether oxygens (including phenoxy) is 1. The van der Waals surface area contributed by atoms with E-state index >= 15 is 0 Å². The molecule has 162 valence electrons. The Labute approximate surface area is 195 Å². The summed E-state index contributed by atoms with van der Waals surface area (Å²) < 4.78 is 9.21. The Bertz CT molecular complexity index is 1010. The molecule has 0 saturated heterocycles. The van der Waals surface area contributed by atoms with Crippen molar-refractivity contribution in [1.82, 2.24) is 0 Å². The molecule has 0 bridgehead atoms. The molecule has 4 atom stereocenters. The number of hydrogen-bond acceptors (Lipinski definition) is 1. The van der Waals surface area contributed by atoms with E-state index in [4.69, 9.17) is 27.9 Å². The van der Waals surface area contributed by atoms with Crippen LogP contribution in [0.4, 0.5) is 0 Å². The van der Waals surface area contributed by atoms with Gasteiger partial charge in [-0.2, -0.15) is 4.58 Å². The number of allylic oxidation sites excluding steroid dienone is 1. The Hall–Kier alpha value is -1.77. The number of rotatable bonds is 6. The molecule has 2 aromatic rings. The molecule has 0 radical (unpaired) electrons. The molecule has 0 N–H and O–H groups in total. The predicted molar refractivity (Wildman–Crippen MR) is 128 cm³/mol. The van der Waals surface area contributed by atoms with Gasteiger partial charge in [-0.05, 0) is 61.9 Å². The first-order chi connectivity index (χ1) is 15.1. The molecule has 1 fully saturated rings. The third-order valence-corrected chi connectivity index (χ3v) is 8.08. The molecule has 2 aliphatic heterocycles. The van der Waals surface area contributed by atoms with Gasteiger partial charge in [0.25, 0.3) is 0 Å². The van der Waals surface area contributed by atoms with Gasteiger partial charge in [0.05, 0.1) is 11.3 Å². The SMILES string of the molecule is C=CC[C@@]1(CC)C[C@H](c2cccc(Cl)c2)C(c2ccc(Cl)cc2)[N+]2=C1OC[C@@H]2C1CC1. The molecule has 2 nitrogen and oxygen atoms in total. The van der Waals surface area contributed by atoms with Gasteiger partial charge in [-0.3, -0.25) is 0 Å². The zero-order valence-corrected chi connectivity index (χ0v) is 19.6. The van der Waals surface area contributed by atoms with Crippen molar-refractivity contribution in [2.45, 2.75) is 57.0 Å². The van der Waals surface area contributed by atoms with E-state index in [1.165, 1.54) is 29.9 Å². The molecule has 0 amide bonds. The quantitative estimate of drug-likeness (QED) is 0.326. The first-order valence-corrected chi connectivity index (χ1v) is 12.2. The molecule has 31 heavy (non-hydrogen) atoms. The van der Waals surface area contributed by atoms with Crippen molar-refractivity contribution in [3.05, 3.63) is 82.4 Å². The maximum atomic E-state index is 6.56. The first kappa shape index (κ1) is 21.1. The van der Waals surface area contributed by atoms with Gasteiger partial charge in [0, 0.05) is 21.5 Å². The second-order valence-electron chi connectivity index (χ2n) is 9.42. The van der Waals surface area contributed by atoms with Crippen molar-refractivity contribution in [2.24, 2.45) is 11.3 Å². The van der Waals surface area contributed by atoms with Gasteiger partial charge in [-0.1, -0.05) is 60.5 Å². The van der Waals surface area contributed by atoms with Gasteiger partial charge in [0.2, 0.25) is 0 Å². The van der Waals surface area contributed by atoms with Crippen LogP contribution < -0.4 is 0 Å². The van der Waals surface area contributed by atoms with E-state index in [-0.39, 0.29) is 11.5 Å². The van der Waals surface area contributed by atoms with Crippen LogP contribution in [0.2, 0.25) is 10.0 Å². The Morgan fingerprint density at radius 2 is 1.87 bits per heavy atom. The summed E-state index contributed by atoms with van der Waals surface area (Å²) in [6.07, 6.45) is 7.65. The van der Waals surface area contributed by atoms with Crippen molar-refractivity contribution < 1.29 is 9.31 Å². The van der Waals surface area contributed by atoms with E-state index in [9.17, 15) is 0 Å². The molecule has 1 aliphatic carbocycles. The lowest BCUT2D eigenvalue weighted by Gasteiger charge is -2.40. The highest BCUT2D eigenvalue weighted by atomic mass is 35.5. The maximum Gasteiger partial charge on any atom is 0.344 e. The molecular weight excluding hydrogens is 425 g/mol. The van der Waals surface area contributed by atoms with E-state index in [0.717, 1.165) is 41.8 Å². The third-order valence-electron chi connectivity index (χ3n) is 7.59. The molecule has 0 spiro atoms. The van der Waals surface area contributed by atoms with Gasteiger partial charge in [0.15, 0.2) is 18.7 Å². The Balaban J connectivity index is 1.73.